The van der Waals surface area contributed by atoms with Crippen molar-refractivity contribution in [2.75, 3.05) is 24.6 Å². The van der Waals surface area contributed by atoms with Gasteiger partial charge in [0.15, 0.2) is 0 Å². The summed E-state index contributed by atoms with van der Waals surface area (Å²) in [4.78, 5) is 13.8. The summed E-state index contributed by atoms with van der Waals surface area (Å²) in [6.07, 6.45) is 3.12. The lowest BCUT2D eigenvalue weighted by Crippen LogP contribution is -2.43. The van der Waals surface area contributed by atoms with Gasteiger partial charge in [0.05, 0.1) is 5.75 Å². The van der Waals surface area contributed by atoms with Crippen LogP contribution in [-0.4, -0.2) is 41.4 Å². The van der Waals surface area contributed by atoms with Gasteiger partial charge in [0, 0.05) is 19.1 Å². The summed E-state index contributed by atoms with van der Waals surface area (Å²) < 4.78 is 0. The Morgan fingerprint density at radius 3 is 2.62 bits per heavy atom. The third-order valence-corrected chi connectivity index (χ3v) is 3.93. The van der Waals surface area contributed by atoms with E-state index in [0.717, 1.165) is 37.6 Å². The van der Waals surface area contributed by atoms with Crippen molar-refractivity contribution in [3.63, 3.8) is 0 Å². The van der Waals surface area contributed by atoms with Crippen molar-refractivity contribution in [2.24, 2.45) is 11.7 Å². The highest BCUT2D eigenvalue weighted by atomic mass is 32.2. The maximum absolute atomic E-state index is 11.8. The summed E-state index contributed by atoms with van der Waals surface area (Å²) in [5, 5.41) is 0. The standard InChI is InChI=1S/C12H24N2OS/c1-10(2)5-8-16-9-12(15)14-6-3-11(13)4-7-14/h10-11H,3-9,13H2,1-2H3. The smallest absolute Gasteiger partial charge is 0.232 e. The van der Waals surface area contributed by atoms with E-state index in [1.165, 1.54) is 6.42 Å². The largest absolute Gasteiger partial charge is 0.342 e. The van der Waals surface area contributed by atoms with Gasteiger partial charge in [0.1, 0.15) is 0 Å². The van der Waals surface area contributed by atoms with E-state index in [0.29, 0.717) is 17.7 Å². The van der Waals surface area contributed by atoms with Gasteiger partial charge >= 0.3 is 0 Å². The minimum absolute atomic E-state index is 0.292. The first-order valence-corrected chi connectivity index (χ1v) is 7.36. The number of rotatable bonds is 5. The number of amides is 1. The van der Waals surface area contributed by atoms with E-state index in [-0.39, 0.29) is 0 Å². The molecular weight excluding hydrogens is 220 g/mol. The van der Waals surface area contributed by atoms with Crippen LogP contribution in [0.5, 0.6) is 0 Å². The average molecular weight is 244 g/mol. The zero-order chi connectivity index (χ0) is 12.0. The van der Waals surface area contributed by atoms with Crippen LogP contribution in [-0.2, 0) is 4.79 Å². The molecule has 0 atom stereocenters. The number of carbonyl (C=O) groups is 1. The molecule has 0 bridgehead atoms. The van der Waals surface area contributed by atoms with Crippen molar-refractivity contribution in [1.82, 2.24) is 4.90 Å². The summed E-state index contributed by atoms with van der Waals surface area (Å²) in [5.41, 5.74) is 5.81. The van der Waals surface area contributed by atoms with Crippen LogP contribution >= 0.6 is 11.8 Å². The molecule has 0 unspecified atom stereocenters. The molecule has 1 heterocycles. The zero-order valence-corrected chi connectivity index (χ0v) is 11.3. The Bertz CT molecular complexity index is 213. The highest BCUT2D eigenvalue weighted by Gasteiger charge is 2.19. The highest BCUT2D eigenvalue weighted by Crippen LogP contribution is 2.13. The molecule has 1 amide bonds. The Morgan fingerprint density at radius 2 is 2.06 bits per heavy atom. The van der Waals surface area contributed by atoms with Crippen LogP contribution in [0.4, 0.5) is 0 Å². The predicted molar refractivity (Wildman–Crippen MR) is 70.6 cm³/mol. The minimum atomic E-state index is 0.292. The third-order valence-electron chi connectivity index (χ3n) is 2.96. The molecule has 0 saturated carbocycles. The minimum Gasteiger partial charge on any atom is -0.342 e. The first kappa shape index (κ1) is 13.8. The molecule has 16 heavy (non-hydrogen) atoms. The Hall–Kier alpha value is -0.220. The topological polar surface area (TPSA) is 46.3 Å². The molecule has 1 aliphatic heterocycles. The number of hydrogen-bond acceptors (Lipinski definition) is 3. The first-order valence-electron chi connectivity index (χ1n) is 6.20. The van der Waals surface area contributed by atoms with E-state index in [1.807, 2.05) is 4.90 Å². The van der Waals surface area contributed by atoms with Gasteiger partial charge in [-0.3, -0.25) is 4.79 Å². The number of piperidine rings is 1. The Labute approximate surface area is 103 Å². The molecular formula is C12H24N2OS. The number of likely N-dealkylation sites (tertiary alicyclic amines) is 1. The lowest BCUT2D eigenvalue weighted by atomic mass is 10.1. The van der Waals surface area contributed by atoms with Crippen LogP contribution in [0.3, 0.4) is 0 Å². The van der Waals surface area contributed by atoms with Crippen molar-refractivity contribution in [1.29, 1.82) is 0 Å². The number of carbonyl (C=O) groups excluding carboxylic acids is 1. The van der Waals surface area contributed by atoms with Crippen LogP contribution in [0.1, 0.15) is 33.1 Å². The summed E-state index contributed by atoms with van der Waals surface area (Å²) in [7, 11) is 0. The number of nitrogens with zero attached hydrogens (tertiary/aromatic N) is 1. The molecule has 94 valence electrons. The third kappa shape index (κ3) is 5.21. The van der Waals surface area contributed by atoms with Crippen molar-refractivity contribution in [2.45, 2.75) is 39.2 Å². The summed E-state index contributed by atoms with van der Waals surface area (Å²) in [5.74, 6) is 2.76. The molecule has 1 rings (SSSR count). The molecule has 4 heteroatoms. The fourth-order valence-electron chi connectivity index (χ4n) is 1.72. The van der Waals surface area contributed by atoms with Crippen LogP contribution in [0.15, 0.2) is 0 Å². The van der Waals surface area contributed by atoms with Crippen LogP contribution < -0.4 is 5.73 Å². The molecule has 1 fully saturated rings. The molecule has 2 N–H and O–H groups in total. The second-order valence-corrected chi connectivity index (χ2v) is 6.06. The molecule has 3 nitrogen and oxygen atoms in total. The molecule has 0 aromatic rings. The second-order valence-electron chi connectivity index (χ2n) is 4.95. The van der Waals surface area contributed by atoms with Gasteiger partial charge in [-0.25, -0.2) is 0 Å². The molecule has 1 saturated heterocycles. The predicted octanol–water partition coefficient (Wildman–Crippen LogP) is 1.72. The van der Waals surface area contributed by atoms with Gasteiger partial charge in [-0.05, 0) is 30.9 Å². The zero-order valence-electron chi connectivity index (χ0n) is 10.4. The molecule has 0 aliphatic carbocycles. The SMILES string of the molecule is CC(C)CCSCC(=O)N1CCC(N)CC1. The molecule has 0 radical (unpaired) electrons. The summed E-state index contributed by atoms with van der Waals surface area (Å²) in [6.45, 7) is 6.14. The van der Waals surface area contributed by atoms with Crippen molar-refractivity contribution >= 4 is 17.7 Å². The van der Waals surface area contributed by atoms with E-state index >= 15 is 0 Å². The lowest BCUT2D eigenvalue weighted by molar-refractivity contribution is -0.129. The Balaban J connectivity index is 2.10. The lowest BCUT2D eigenvalue weighted by Gasteiger charge is -2.30. The molecule has 0 aromatic carbocycles. The normalized spacial score (nSPS) is 18.1. The van der Waals surface area contributed by atoms with Crippen LogP contribution in [0.25, 0.3) is 0 Å². The monoisotopic (exact) mass is 244 g/mol. The summed E-state index contributed by atoms with van der Waals surface area (Å²) >= 11 is 1.76. The van der Waals surface area contributed by atoms with E-state index in [9.17, 15) is 4.79 Å². The fourth-order valence-corrected chi connectivity index (χ4v) is 2.86. The van der Waals surface area contributed by atoms with Gasteiger partial charge in [-0.2, -0.15) is 11.8 Å². The van der Waals surface area contributed by atoms with Crippen LogP contribution in [0.2, 0.25) is 0 Å². The number of hydrogen-bond donors (Lipinski definition) is 1. The molecule has 0 aromatic heterocycles. The van der Waals surface area contributed by atoms with E-state index in [1.54, 1.807) is 11.8 Å². The Kier molecular flexibility index (Phi) is 6.21. The van der Waals surface area contributed by atoms with E-state index < -0.39 is 0 Å². The fraction of sp³-hybridized carbons (Fsp3) is 0.917. The maximum Gasteiger partial charge on any atom is 0.232 e. The molecule has 1 aliphatic rings. The Morgan fingerprint density at radius 1 is 1.44 bits per heavy atom. The van der Waals surface area contributed by atoms with Gasteiger partial charge in [0.2, 0.25) is 5.91 Å². The van der Waals surface area contributed by atoms with Gasteiger partial charge in [0.25, 0.3) is 0 Å². The van der Waals surface area contributed by atoms with Crippen LogP contribution in [0, 0.1) is 5.92 Å². The molecule has 0 spiro atoms. The van der Waals surface area contributed by atoms with Crippen molar-refractivity contribution in [3.05, 3.63) is 0 Å². The maximum atomic E-state index is 11.8. The quantitative estimate of drug-likeness (QED) is 0.749. The first-order chi connectivity index (χ1) is 7.59. The average Bonchev–Trinajstić information content (AvgIpc) is 2.25. The van der Waals surface area contributed by atoms with Gasteiger partial charge in [-0.1, -0.05) is 13.8 Å². The second kappa shape index (κ2) is 7.17. The number of thioether (sulfide) groups is 1. The van der Waals surface area contributed by atoms with Gasteiger partial charge in [-0.15, -0.1) is 0 Å². The van der Waals surface area contributed by atoms with Gasteiger partial charge < -0.3 is 10.6 Å². The summed E-state index contributed by atoms with van der Waals surface area (Å²) in [6, 6.07) is 0.303. The number of nitrogens with two attached hydrogens (primary N) is 1. The van der Waals surface area contributed by atoms with Crippen molar-refractivity contribution in [3.8, 4) is 0 Å². The van der Waals surface area contributed by atoms with E-state index in [4.69, 9.17) is 5.73 Å². The van der Waals surface area contributed by atoms with E-state index in [2.05, 4.69) is 13.8 Å². The highest BCUT2D eigenvalue weighted by molar-refractivity contribution is 7.99. The van der Waals surface area contributed by atoms with Crippen molar-refractivity contribution < 1.29 is 4.79 Å².